The van der Waals surface area contributed by atoms with Crippen LogP contribution in [0.5, 0.6) is 0 Å². The fourth-order valence-corrected chi connectivity index (χ4v) is 9.92. The van der Waals surface area contributed by atoms with E-state index in [9.17, 15) is 0 Å². The first kappa shape index (κ1) is 35.2. The Hall–Kier alpha value is -5.23. The van der Waals surface area contributed by atoms with E-state index in [2.05, 4.69) is 201 Å². The number of hydrogen-bond acceptors (Lipinski definition) is 0. The largest absolute Gasteiger partial charge is 0.309 e. The lowest BCUT2D eigenvalue weighted by molar-refractivity contribution is 0.840. The van der Waals surface area contributed by atoms with Gasteiger partial charge in [-0.15, -0.1) is 0 Å². The van der Waals surface area contributed by atoms with E-state index in [-0.39, 0.29) is 0 Å². The van der Waals surface area contributed by atoms with Crippen molar-refractivity contribution in [1.29, 1.82) is 0 Å². The average Bonchev–Trinajstić information content (AvgIpc) is 3.54. The second-order valence-electron chi connectivity index (χ2n) is 13.4. The standard InChI is InChI=1S/C50H48NP/c1-4-19-39(40-22-9-7-10-23-40)26-14-13-21-38-35-43(51-49-29-17-15-27-47(49)48-28-16-18-30-50(48)51)37-46(36-38)52(44(6-3)20-5-2)45-33-31-42(32-34-45)41-24-11-8-12-25-41/h4-6,8-9,11-12,15-20,22-37H,7,10,13-14,21H2,1-3H3/b19-4-,20-5-,39-26+,44-6+. The number of nitrogens with zero attached hydrogens (tertiary/aromatic N) is 1. The van der Waals surface area contributed by atoms with Crippen molar-refractivity contribution in [3.05, 3.63) is 198 Å². The number of rotatable bonds is 12. The van der Waals surface area contributed by atoms with Crippen molar-refractivity contribution in [2.24, 2.45) is 0 Å². The lowest BCUT2D eigenvalue weighted by Crippen LogP contribution is -2.15. The monoisotopic (exact) mass is 693 g/mol. The fraction of sp³-hybridized carbons (Fsp3) is 0.160. The quantitative estimate of drug-likeness (QED) is 0.0683. The fourth-order valence-electron chi connectivity index (χ4n) is 7.46. The Kier molecular flexibility index (Phi) is 11.4. The summed E-state index contributed by atoms with van der Waals surface area (Å²) in [6.45, 7) is 6.43. The summed E-state index contributed by atoms with van der Waals surface area (Å²) < 4.78 is 2.49. The molecule has 2 heteroatoms. The van der Waals surface area contributed by atoms with Crippen molar-refractivity contribution in [2.75, 3.05) is 0 Å². The maximum Gasteiger partial charge on any atom is 0.0541 e. The summed E-state index contributed by atoms with van der Waals surface area (Å²) in [5, 5.41) is 6.69. The molecule has 52 heavy (non-hydrogen) atoms. The number of unbranched alkanes of at least 4 members (excludes halogenated alkanes) is 1. The normalized spacial score (nSPS) is 14.6. The number of benzene rings is 5. The third-order valence-electron chi connectivity index (χ3n) is 9.89. The first-order valence-electron chi connectivity index (χ1n) is 18.8. The molecule has 1 atom stereocenters. The van der Waals surface area contributed by atoms with E-state index in [1.54, 1.807) is 0 Å². The predicted molar refractivity (Wildman–Crippen MR) is 230 cm³/mol. The van der Waals surface area contributed by atoms with Crippen LogP contribution < -0.4 is 10.6 Å². The second-order valence-corrected chi connectivity index (χ2v) is 15.6. The number of allylic oxidation sites excluding steroid dienone is 12. The van der Waals surface area contributed by atoms with Gasteiger partial charge < -0.3 is 4.57 Å². The molecule has 5 aromatic carbocycles. The van der Waals surface area contributed by atoms with Crippen molar-refractivity contribution >= 4 is 40.3 Å². The summed E-state index contributed by atoms with van der Waals surface area (Å²) in [5.41, 5.74) is 10.3. The molecular formula is C50H48NP. The first-order valence-corrected chi connectivity index (χ1v) is 20.1. The summed E-state index contributed by atoms with van der Waals surface area (Å²) >= 11 is 0. The Bertz CT molecular complexity index is 2290. The highest BCUT2D eigenvalue weighted by atomic mass is 31.1. The minimum Gasteiger partial charge on any atom is -0.309 e. The molecule has 1 aliphatic carbocycles. The van der Waals surface area contributed by atoms with Crippen LogP contribution >= 0.6 is 7.92 Å². The van der Waals surface area contributed by atoms with Gasteiger partial charge in [-0.1, -0.05) is 152 Å². The highest BCUT2D eigenvalue weighted by molar-refractivity contribution is 7.77. The van der Waals surface area contributed by atoms with Crippen LogP contribution in [0.4, 0.5) is 0 Å². The van der Waals surface area contributed by atoms with E-state index in [1.165, 1.54) is 71.3 Å². The lowest BCUT2D eigenvalue weighted by atomic mass is 9.97. The Balaban J connectivity index is 1.34. The molecule has 0 saturated heterocycles. The molecule has 0 saturated carbocycles. The SMILES string of the molecule is C/C=C\C(=C/CCCc1cc(-n2c3ccccc3c3ccccc32)cc(P(C(/C=C\C)=C/C)c2ccc(-c3ccccc3)cc2)c1)C1=CCCC=C1. The van der Waals surface area contributed by atoms with Crippen LogP contribution in [-0.4, -0.2) is 4.57 Å². The molecule has 0 N–H and O–H groups in total. The number of hydrogen-bond donors (Lipinski definition) is 0. The van der Waals surface area contributed by atoms with E-state index in [0.717, 1.165) is 32.1 Å². The van der Waals surface area contributed by atoms with Gasteiger partial charge in [0.15, 0.2) is 0 Å². The molecule has 0 radical (unpaired) electrons. The maximum absolute atomic E-state index is 2.50. The van der Waals surface area contributed by atoms with E-state index >= 15 is 0 Å². The van der Waals surface area contributed by atoms with Gasteiger partial charge in [0, 0.05) is 16.5 Å². The van der Waals surface area contributed by atoms with Crippen molar-refractivity contribution in [2.45, 2.75) is 52.9 Å². The predicted octanol–water partition coefficient (Wildman–Crippen LogP) is 13.5. The molecule has 1 heterocycles. The van der Waals surface area contributed by atoms with Crippen LogP contribution in [0.2, 0.25) is 0 Å². The van der Waals surface area contributed by atoms with E-state index in [4.69, 9.17) is 0 Å². The maximum atomic E-state index is 2.50. The van der Waals surface area contributed by atoms with Crippen LogP contribution in [0.1, 0.15) is 52.0 Å². The molecule has 6 aromatic rings. The van der Waals surface area contributed by atoms with Gasteiger partial charge >= 0.3 is 0 Å². The zero-order valence-corrected chi connectivity index (χ0v) is 31.6. The van der Waals surface area contributed by atoms with Gasteiger partial charge in [0.1, 0.15) is 0 Å². The van der Waals surface area contributed by atoms with Gasteiger partial charge in [0.05, 0.1) is 11.0 Å². The Labute approximate surface area is 311 Å². The van der Waals surface area contributed by atoms with Crippen LogP contribution in [-0.2, 0) is 6.42 Å². The van der Waals surface area contributed by atoms with Crippen LogP contribution in [0.25, 0.3) is 38.6 Å². The second kappa shape index (κ2) is 16.9. The van der Waals surface area contributed by atoms with Gasteiger partial charge in [0.25, 0.3) is 0 Å². The molecule has 0 aliphatic heterocycles. The van der Waals surface area contributed by atoms with Crippen molar-refractivity contribution in [1.82, 2.24) is 4.57 Å². The molecule has 0 spiro atoms. The van der Waals surface area contributed by atoms with Gasteiger partial charge in [-0.3, -0.25) is 0 Å². The summed E-state index contributed by atoms with van der Waals surface area (Å²) in [5.74, 6) is 0. The molecule has 0 fully saturated rings. The molecule has 0 bridgehead atoms. The van der Waals surface area contributed by atoms with Crippen molar-refractivity contribution in [3.63, 3.8) is 0 Å². The molecule has 1 aliphatic rings. The topological polar surface area (TPSA) is 4.93 Å². The average molecular weight is 694 g/mol. The molecule has 7 rings (SSSR count). The van der Waals surface area contributed by atoms with Crippen LogP contribution in [0, 0.1) is 0 Å². The van der Waals surface area contributed by atoms with Crippen molar-refractivity contribution in [3.8, 4) is 16.8 Å². The molecular weight excluding hydrogens is 646 g/mol. The smallest absolute Gasteiger partial charge is 0.0541 e. The van der Waals surface area contributed by atoms with E-state index < -0.39 is 7.92 Å². The first-order chi connectivity index (χ1) is 25.7. The number of aromatic nitrogens is 1. The summed E-state index contributed by atoms with van der Waals surface area (Å²) in [6.07, 6.45) is 26.0. The molecule has 1 nitrogen and oxygen atoms in total. The van der Waals surface area contributed by atoms with Gasteiger partial charge in [-0.2, -0.15) is 0 Å². The molecule has 1 aromatic heterocycles. The van der Waals surface area contributed by atoms with Crippen molar-refractivity contribution < 1.29 is 0 Å². The van der Waals surface area contributed by atoms with E-state index in [0.29, 0.717) is 0 Å². The third kappa shape index (κ3) is 7.67. The van der Waals surface area contributed by atoms with E-state index in [1.807, 2.05) is 0 Å². The molecule has 0 amide bonds. The minimum absolute atomic E-state index is 0.814. The molecule has 258 valence electrons. The third-order valence-corrected chi connectivity index (χ3v) is 12.4. The number of fused-ring (bicyclic) bond motifs is 3. The number of para-hydroxylation sites is 2. The zero-order valence-electron chi connectivity index (χ0n) is 30.7. The highest BCUT2D eigenvalue weighted by Gasteiger charge is 2.21. The minimum atomic E-state index is -0.814. The Morgan fingerprint density at radius 3 is 2.00 bits per heavy atom. The summed E-state index contributed by atoms with van der Waals surface area (Å²) in [4.78, 5) is 0. The summed E-state index contributed by atoms with van der Waals surface area (Å²) in [7, 11) is -0.814. The Morgan fingerprint density at radius 1 is 0.673 bits per heavy atom. The van der Waals surface area contributed by atoms with Gasteiger partial charge in [-0.25, -0.2) is 0 Å². The zero-order chi connectivity index (χ0) is 35.7. The van der Waals surface area contributed by atoms with Gasteiger partial charge in [-0.05, 0) is 129 Å². The lowest BCUT2D eigenvalue weighted by Gasteiger charge is -2.23. The number of aryl methyl sites for hydroxylation is 1. The van der Waals surface area contributed by atoms with Gasteiger partial charge in [0.2, 0.25) is 0 Å². The van der Waals surface area contributed by atoms with Crippen LogP contribution in [0.15, 0.2) is 192 Å². The summed E-state index contributed by atoms with van der Waals surface area (Å²) in [6, 6.07) is 45.1. The Morgan fingerprint density at radius 2 is 1.35 bits per heavy atom. The highest BCUT2D eigenvalue weighted by Crippen LogP contribution is 2.45. The van der Waals surface area contributed by atoms with Crippen LogP contribution in [0.3, 0.4) is 0 Å². The molecule has 1 unspecified atom stereocenters.